The standard InChI is InChI=1S/C26H23ClN6O2/c1-16-10-12-20(13-11-16)29-25(34)23-17(2)28-26-30-31-32-33(26)24(23)18-7-5-8-21(14-18)35-15-19-6-3-4-9-22(19)27/h3-14,24H,15H2,1-2H3,(H,29,34)(H,28,30,32). The molecule has 8 nitrogen and oxygen atoms in total. The predicted molar refractivity (Wildman–Crippen MR) is 134 cm³/mol. The highest BCUT2D eigenvalue weighted by atomic mass is 35.5. The summed E-state index contributed by atoms with van der Waals surface area (Å²) in [6.07, 6.45) is 0. The zero-order chi connectivity index (χ0) is 24.4. The van der Waals surface area contributed by atoms with Crippen LogP contribution in [0.4, 0.5) is 11.6 Å². The molecule has 0 aliphatic carbocycles. The van der Waals surface area contributed by atoms with E-state index in [2.05, 4.69) is 26.2 Å². The van der Waals surface area contributed by atoms with E-state index in [1.54, 1.807) is 4.68 Å². The quantitative estimate of drug-likeness (QED) is 0.392. The summed E-state index contributed by atoms with van der Waals surface area (Å²) < 4.78 is 7.63. The van der Waals surface area contributed by atoms with Gasteiger partial charge < -0.3 is 15.4 Å². The number of aryl methyl sites for hydroxylation is 1. The first-order valence-electron chi connectivity index (χ1n) is 11.1. The number of nitrogens with one attached hydrogen (secondary N) is 2. The lowest BCUT2D eigenvalue weighted by Crippen LogP contribution is -2.31. The maximum Gasteiger partial charge on any atom is 0.255 e. The van der Waals surface area contributed by atoms with E-state index in [-0.39, 0.29) is 5.91 Å². The lowest BCUT2D eigenvalue weighted by molar-refractivity contribution is -0.113. The van der Waals surface area contributed by atoms with Gasteiger partial charge in [-0.2, -0.15) is 4.68 Å². The number of fused-ring (bicyclic) bond motifs is 1. The summed E-state index contributed by atoms with van der Waals surface area (Å²) in [5.74, 6) is 0.862. The number of rotatable bonds is 6. The predicted octanol–water partition coefficient (Wildman–Crippen LogP) is 5.14. The summed E-state index contributed by atoms with van der Waals surface area (Å²) in [7, 11) is 0. The van der Waals surface area contributed by atoms with Crippen LogP contribution in [-0.2, 0) is 11.4 Å². The Labute approximate surface area is 207 Å². The van der Waals surface area contributed by atoms with Crippen LogP contribution in [0.3, 0.4) is 0 Å². The van der Waals surface area contributed by atoms with E-state index in [1.807, 2.05) is 86.6 Å². The maximum atomic E-state index is 13.5. The summed E-state index contributed by atoms with van der Waals surface area (Å²) in [5.41, 5.74) is 4.70. The van der Waals surface area contributed by atoms with Crippen molar-refractivity contribution < 1.29 is 9.53 Å². The van der Waals surface area contributed by atoms with E-state index in [4.69, 9.17) is 16.3 Å². The third kappa shape index (κ3) is 4.74. The van der Waals surface area contributed by atoms with Gasteiger partial charge in [-0.3, -0.25) is 4.79 Å². The molecule has 35 heavy (non-hydrogen) atoms. The summed E-state index contributed by atoms with van der Waals surface area (Å²) in [6.45, 7) is 4.16. The van der Waals surface area contributed by atoms with Gasteiger partial charge in [-0.15, -0.1) is 0 Å². The average molecular weight is 487 g/mol. The number of carbonyl (C=O) groups is 1. The van der Waals surface area contributed by atoms with Gasteiger partial charge in [0.2, 0.25) is 5.95 Å². The molecular weight excluding hydrogens is 464 g/mol. The van der Waals surface area contributed by atoms with Gasteiger partial charge in [-0.25, -0.2) is 0 Å². The fourth-order valence-electron chi connectivity index (χ4n) is 4.00. The molecule has 4 aromatic rings. The van der Waals surface area contributed by atoms with Crippen LogP contribution in [0.15, 0.2) is 84.1 Å². The molecule has 2 heterocycles. The summed E-state index contributed by atoms with van der Waals surface area (Å²) in [6, 6.07) is 22.2. The Balaban J connectivity index is 1.46. The van der Waals surface area contributed by atoms with Gasteiger partial charge in [-0.05, 0) is 60.2 Å². The molecular formula is C26H23ClN6O2. The van der Waals surface area contributed by atoms with Crippen LogP contribution >= 0.6 is 11.6 Å². The van der Waals surface area contributed by atoms with Crippen LogP contribution in [0.25, 0.3) is 0 Å². The molecule has 0 spiro atoms. The van der Waals surface area contributed by atoms with E-state index in [9.17, 15) is 4.79 Å². The largest absolute Gasteiger partial charge is 0.489 e. The number of hydrogen-bond acceptors (Lipinski definition) is 6. The van der Waals surface area contributed by atoms with Crippen molar-refractivity contribution >= 4 is 29.1 Å². The van der Waals surface area contributed by atoms with Crippen LogP contribution in [0.2, 0.25) is 5.02 Å². The van der Waals surface area contributed by atoms with Crippen LogP contribution in [0, 0.1) is 6.92 Å². The number of aromatic nitrogens is 4. The third-order valence-electron chi connectivity index (χ3n) is 5.79. The van der Waals surface area contributed by atoms with Crippen molar-refractivity contribution in [1.82, 2.24) is 20.2 Å². The minimum absolute atomic E-state index is 0.243. The van der Waals surface area contributed by atoms with Crippen molar-refractivity contribution in [2.75, 3.05) is 10.6 Å². The number of hydrogen-bond donors (Lipinski definition) is 2. The summed E-state index contributed by atoms with van der Waals surface area (Å²) in [4.78, 5) is 13.5. The normalized spacial score (nSPS) is 14.8. The Hall–Kier alpha value is -4.17. The van der Waals surface area contributed by atoms with Crippen LogP contribution < -0.4 is 15.4 Å². The monoisotopic (exact) mass is 486 g/mol. The number of amides is 1. The first-order valence-corrected chi connectivity index (χ1v) is 11.5. The SMILES string of the molecule is CC1=C(C(=O)Nc2ccc(C)cc2)C(c2cccc(OCc3ccccc3Cl)c2)n2nnnc2N1. The number of benzene rings is 3. The number of ether oxygens (including phenoxy) is 1. The van der Waals surface area contributed by atoms with Crippen molar-refractivity contribution in [3.63, 3.8) is 0 Å². The minimum Gasteiger partial charge on any atom is -0.489 e. The molecule has 176 valence electrons. The Kier molecular flexibility index (Phi) is 6.20. The molecule has 5 rings (SSSR count). The molecule has 1 aliphatic rings. The number of tetrazole rings is 1. The third-order valence-corrected chi connectivity index (χ3v) is 6.16. The van der Waals surface area contributed by atoms with Gasteiger partial charge in [-0.1, -0.05) is 64.7 Å². The van der Waals surface area contributed by atoms with Gasteiger partial charge in [0, 0.05) is 22.0 Å². The van der Waals surface area contributed by atoms with E-state index >= 15 is 0 Å². The minimum atomic E-state index is -0.546. The lowest BCUT2D eigenvalue weighted by atomic mass is 9.94. The van der Waals surface area contributed by atoms with E-state index < -0.39 is 6.04 Å². The molecule has 0 saturated carbocycles. The van der Waals surface area contributed by atoms with E-state index in [0.29, 0.717) is 40.3 Å². The lowest BCUT2D eigenvalue weighted by Gasteiger charge is -2.28. The Morgan fingerprint density at radius 1 is 1.09 bits per heavy atom. The van der Waals surface area contributed by atoms with Crippen molar-refractivity contribution in [1.29, 1.82) is 0 Å². The van der Waals surface area contributed by atoms with Gasteiger partial charge >= 0.3 is 0 Å². The molecule has 1 unspecified atom stereocenters. The Bertz CT molecular complexity index is 1410. The second-order valence-electron chi connectivity index (χ2n) is 8.29. The molecule has 9 heteroatoms. The highest BCUT2D eigenvalue weighted by Gasteiger charge is 2.34. The van der Waals surface area contributed by atoms with Gasteiger partial charge in [0.1, 0.15) is 18.4 Å². The average Bonchev–Trinajstić information content (AvgIpc) is 3.32. The highest BCUT2D eigenvalue weighted by molar-refractivity contribution is 6.31. The summed E-state index contributed by atoms with van der Waals surface area (Å²) >= 11 is 6.27. The molecule has 2 N–H and O–H groups in total. The number of halogens is 1. The molecule has 1 amide bonds. The molecule has 0 fully saturated rings. The van der Waals surface area contributed by atoms with Gasteiger partial charge in [0.25, 0.3) is 5.91 Å². The van der Waals surface area contributed by atoms with Gasteiger partial charge in [0.05, 0.1) is 5.57 Å². The number of nitrogens with zero attached hydrogens (tertiary/aromatic N) is 4. The van der Waals surface area contributed by atoms with Crippen molar-refractivity contribution in [3.05, 3.63) is 106 Å². The molecule has 0 bridgehead atoms. The first kappa shape index (κ1) is 22.6. The second kappa shape index (κ2) is 9.60. The van der Waals surface area contributed by atoms with Crippen molar-refractivity contribution in [3.8, 4) is 5.75 Å². The Morgan fingerprint density at radius 2 is 1.89 bits per heavy atom. The number of carbonyl (C=O) groups excluding carboxylic acids is 1. The van der Waals surface area contributed by atoms with E-state index in [1.165, 1.54) is 0 Å². The molecule has 1 aliphatic heterocycles. The molecule has 0 radical (unpaired) electrons. The van der Waals surface area contributed by atoms with Crippen molar-refractivity contribution in [2.24, 2.45) is 0 Å². The smallest absolute Gasteiger partial charge is 0.255 e. The zero-order valence-corrected chi connectivity index (χ0v) is 20.0. The fourth-order valence-corrected chi connectivity index (χ4v) is 4.19. The van der Waals surface area contributed by atoms with Crippen LogP contribution in [0.5, 0.6) is 5.75 Å². The van der Waals surface area contributed by atoms with Gasteiger partial charge in [0.15, 0.2) is 0 Å². The molecule has 0 saturated heterocycles. The fraction of sp³-hybridized carbons (Fsp3) is 0.154. The number of allylic oxidation sites excluding steroid dienone is 1. The molecule has 3 aromatic carbocycles. The zero-order valence-electron chi connectivity index (χ0n) is 19.2. The Morgan fingerprint density at radius 3 is 2.69 bits per heavy atom. The van der Waals surface area contributed by atoms with Crippen molar-refractivity contribution in [2.45, 2.75) is 26.5 Å². The topological polar surface area (TPSA) is 94.0 Å². The molecule has 1 atom stereocenters. The first-order chi connectivity index (χ1) is 17.0. The highest BCUT2D eigenvalue weighted by Crippen LogP contribution is 2.36. The maximum absolute atomic E-state index is 13.5. The van der Waals surface area contributed by atoms with Crippen LogP contribution in [0.1, 0.15) is 29.7 Å². The van der Waals surface area contributed by atoms with E-state index in [0.717, 1.165) is 16.7 Å². The molecule has 1 aromatic heterocycles. The van der Waals surface area contributed by atoms with Crippen LogP contribution in [-0.4, -0.2) is 26.1 Å². The second-order valence-corrected chi connectivity index (χ2v) is 8.69. The number of anilines is 2. The summed E-state index contributed by atoms with van der Waals surface area (Å²) in [5, 5.41) is 18.8.